The summed E-state index contributed by atoms with van der Waals surface area (Å²) in [6.07, 6.45) is 5.73. The van der Waals surface area contributed by atoms with Crippen molar-refractivity contribution in [3.63, 3.8) is 0 Å². The molecule has 0 saturated carbocycles. The predicted molar refractivity (Wildman–Crippen MR) is 48.6 cm³/mol. The minimum Gasteiger partial charge on any atom is -0.469 e. The van der Waals surface area contributed by atoms with Crippen LogP contribution in [0.1, 0.15) is 11.3 Å². The van der Waals surface area contributed by atoms with E-state index in [0.29, 0.717) is 6.42 Å². The van der Waals surface area contributed by atoms with Gasteiger partial charge in [0.2, 0.25) is 5.28 Å². The summed E-state index contributed by atoms with van der Waals surface area (Å²) in [5.41, 5.74) is 0.986. The van der Waals surface area contributed by atoms with Gasteiger partial charge in [-0.2, -0.15) is 0 Å². The Hall–Kier alpha value is -1.35. The molecule has 0 aliphatic rings. The number of halogens is 1. The molecule has 2 aromatic rings. The number of rotatable bonds is 2. The molecule has 2 aromatic heterocycles. The molecule has 4 heteroatoms. The minimum absolute atomic E-state index is 0.267. The molecule has 13 heavy (non-hydrogen) atoms. The zero-order chi connectivity index (χ0) is 9.10. The number of hydrogen-bond acceptors (Lipinski definition) is 3. The number of hydrogen-bond donors (Lipinski definition) is 0. The number of aromatic nitrogens is 2. The van der Waals surface area contributed by atoms with Gasteiger partial charge in [-0.05, 0) is 29.3 Å². The van der Waals surface area contributed by atoms with Crippen molar-refractivity contribution >= 4 is 11.6 Å². The third-order valence-electron chi connectivity index (χ3n) is 1.63. The second-order valence-electron chi connectivity index (χ2n) is 2.62. The normalized spacial score (nSPS) is 10.2. The van der Waals surface area contributed by atoms with Gasteiger partial charge in [-0.15, -0.1) is 0 Å². The molecule has 2 rings (SSSR count). The van der Waals surface area contributed by atoms with Crippen LogP contribution in [0.4, 0.5) is 0 Å². The Morgan fingerprint density at radius 2 is 2.08 bits per heavy atom. The summed E-state index contributed by atoms with van der Waals surface area (Å²) in [5.74, 6) is 0.894. The molecule has 0 unspecified atom stereocenters. The average molecular weight is 195 g/mol. The van der Waals surface area contributed by atoms with E-state index in [1.807, 2.05) is 12.1 Å². The van der Waals surface area contributed by atoms with E-state index in [4.69, 9.17) is 16.0 Å². The lowest BCUT2D eigenvalue weighted by Gasteiger charge is -1.95. The lowest BCUT2D eigenvalue weighted by molar-refractivity contribution is 0.520. The second kappa shape index (κ2) is 3.58. The van der Waals surface area contributed by atoms with Gasteiger partial charge in [0.15, 0.2) is 0 Å². The molecule has 0 aliphatic heterocycles. The molecular formula is C9H7ClN2O. The summed E-state index contributed by atoms with van der Waals surface area (Å²) in [7, 11) is 0. The molecule has 0 amide bonds. The summed E-state index contributed by atoms with van der Waals surface area (Å²) in [4.78, 5) is 7.74. The van der Waals surface area contributed by atoms with Gasteiger partial charge in [-0.3, -0.25) is 0 Å². The van der Waals surface area contributed by atoms with Crippen molar-refractivity contribution in [2.24, 2.45) is 0 Å². The Morgan fingerprint density at radius 3 is 2.69 bits per heavy atom. The van der Waals surface area contributed by atoms with E-state index in [1.54, 1.807) is 18.7 Å². The Bertz CT molecular complexity index is 369. The summed E-state index contributed by atoms with van der Waals surface area (Å²) in [6, 6.07) is 3.76. The molecule has 0 bridgehead atoms. The molecule has 3 nitrogen and oxygen atoms in total. The highest BCUT2D eigenvalue weighted by Gasteiger charge is 1.99. The fourth-order valence-electron chi connectivity index (χ4n) is 1.04. The predicted octanol–water partition coefficient (Wildman–Crippen LogP) is 2.31. The molecule has 0 atom stereocenters. The highest BCUT2D eigenvalue weighted by molar-refractivity contribution is 6.28. The van der Waals surface area contributed by atoms with Crippen molar-refractivity contribution in [3.8, 4) is 0 Å². The first-order chi connectivity index (χ1) is 6.34. The van der Waals surface area contributed by atoms with Gasteiger partial charge in [0, 0.05) is 18.8 Å². The lowest BCUT2D eigenvalue weighted by atomic mass is 10.2. The second-order valence-corrected chi connectivity index (χ2v) is 2.95. The van der Waals surface area contributed by atoms with Gasteiger partial charge in [0.25, 0.3) is 0 Å². The van der Waals surface area contributed by atoms with Gasteiger partial charge in [0.05, 0.1) is 6.26 Å². The first-order valence-electron chi connectivity index (χ1n) is 3.83. The summed E-state index contributed by atoms with van der Waals surface area (Å²) in [5, 5.41) is 0.267. The first-order valence-corrected chi connectivity index (χ1v) is 4.21. The zero-order valence-corrected chi connectivity index (χ0v) is 7.53. The van der Waals surface area contributed by atoms with E-state index in [9.17, 15) is 0 Å². The van der Waals surface area contributed by atoms with Gasteiger partial charge in [0.1, 0.15) is 5.76 Å². The third kappa shape index (κ3) is 2.06. The fraction of sp³-hybridized carbons (Fsp3) is 0.111. The van der Waals surface area contributed by atoms with Crippen molar-refractivity contribution in [1.82, 2.24) is 9.97 Å². The van der Waals surface area contributed by atoms with Crippen LogP contribution < -0.4 is 0 Å². The highest BCUT2D eigenvalue weighted by atomic mass is 35.5. The standard InChI is InChI=1S/C9H7ClN2O/c10-9-11-5-7(6-12-9)4-8-2-1-3-13-8/h1-3,5-6H,4H2. The van der Waals surface area contributed by atoms with Crippen molar-refractivity contribution < 1.29 is 4.42 Å². The maximum absolute atomic E-state index is 5.55. The smallest absolute Gasteiger partial charge is 0.222 e. The number of nitrogens with zero attached hydrogens (tertiary/aromatic N) is 2. The van der Waals surface area contributed by atoms with Gasteiger partial charge >= 0.3 is 0 Å². The van der Waals surface area contributed by atoms with Crippen LogP contribution in [-0.4, -0.2) is 9.97 Å². The van der Waals surface area contributed by atoms with Crippen molar-refractivity contribution in [2.75, 3.05) is 0 Å². The van der Waals surface area contributed by atoms with Crippen LogP contribution in [0.3, 0.4) is 0 Å². The Morgan fingerprint density at radius 1 is 1.31 bits per heavy atom. The Balaban J connectivity index is 2.15. The molecule has 0 saturated heterocycles. The minimum atomic E-state index is 0.267. The molecule has 0 aliphatic carbocycles. The van der Waals surface area contributed by atoms with E-state index in [1.165, 1.54) is 0 Å². The average Bonchev–Trinajstić information content (AvgIpc) is 2.62. The largest absolute Gasteiger partial charge is 0.469 e. The molecule has 0 aromatic carbocycles. The highest BCUT2D eigenvalue weighted by Crippen LogP contribution is 2.08. The quantitative estimate of drug-likeness (QED) is 0.689. The maximum Gasteiger partial charge on any atom is 0.222 e. The zero-order valence-electron chi connectivity index (χ0n) is 6.77. The topological polar surface area (TPSA) is 38.9 Å². The molecule has 0 spiro atoms. The number of furan rings is 1. The molecule has 66 valence electrons. The Labute approximate surface area is 80.4 Å². The van der Waals surface area contributed by atoms with Crippen LogP contribution >= 0.6 is 11.6 Å². The van der Waals surface area contributed by atoms with Crippen molar-refractivity contribution in [1.29, 1.82) is 0 Å². The van der Waals surface area contributed by atoms with Gasteiger partial charge in [-0.1, -0.05) is 0 Å². The van der Waals surface area contributed by atoms with Gasteiger partial charge < -0.3 is 4.42 Å². The van der Waals surface area contributed by atoms with Crippen molar-refractivity contribution in [2.45, 2.75) is 6.42 Å². The molecule has 2 heterocycles. The van der Waals surface area contributed by atoms with E-state index in [2.05, 4.69) is 9.97 Å². The molecule has 0 radical (unpaired) electrons. The van der Waals surface area contributed by atoms with Crippen LogP contribution in [0.2, 0.25) is 5.28 Å². The monoisotopic (exact) mass is 194 g/mol. The van der Waals surface area contributed by atoms with Crippen LogP contribution in [0.25, 0.3) is 0 Å². The lowest BCUT2D eigenvalue weighted by Crippen LogP contribution is -1.89. The van der Waals surface area contributed by atoms with E-state index < -0.39 is 0 Å². The van der Waals surface area contributed by atoms with Crippen LogP contribution in [0.15, 0.2) is 35.2 Å². The molecule has 0 fully saturated rings. The molecule has 0 N–H and O–H groups in total. The fourth-order valence-corrected chi connectivity index (χ4v) is 1.14. The third-order valence-corrected chi connectivity index (χ3v) is 1.83. The van der Waals surface area contributed by atoms with E-state index in [0.717, 1.165) is 11.3 Å². The SMILES string of the molecule is Clc1ncc(Cc2ccco2)cn1. The van der Waals surface area contributed by atoms with Crippen LogP contribution in [-0.2, 0) is 6.42 Å². The van der Waals surface area contributed by atoms with Crippen LogP contribution in [0, 0.1) is 0 Å². The first kappa shape index (κ1) is 8.26. The summed E-state index contributed by atoms with van der Waals surface area (Å²) in [6.45, 7) is 0. The molecular weight excluding hydrogens is 188 g/mol. The maximum atomic E-state index is 5.55. The van der Waals surface area contributed by atoms with E-state index in [-0.39, 0.29) is 5.28 Å². The summed E-state index contributed by atoms with van der Waals surface area (Å²) < 4.78 is 5.18. The Kier molecular flexibility index (Phi) is 2.27. The summed E-state index contributed by atoms with van der Waals surface area (Å²) >= 11 is 5.55. The van der Waals surface area contributed by atoms with Crippen molar-refractivity contribution in [3.05, 3.63) is 47.4 Å². The van der Waals surface area contributed by atoms with Crippen LogP contribution in [0.5, 0.6) is 0 Å². The van der Waals surface area contributed by atoms with Gasteiger partial charge in [-0.25, -0.2) is 9.97 Å². The van der Waals surface area contributed by atoms with E-state index >= 15 is 0 Å².